The molecule has 0 bridgehead atoms. The molecule has 2 aromatic rings. The van der Waals surface area contributed by atoms with Crippen LogP contribution in [0.3, 0.4) is 0 Å². The second-order valence-corrected chi connectivity index (χ2v) is 5.02. The average Bonchev–Trinajstić information content (AvgIpc) is 3.08. The van der Waals surface area contributed by atoms with Crippen molar-refractivity contribution in [3.05, 3.63) is 29.6 Å². The van der Waals surface area contributed by atoms with E-state index < -0.39 is 0 Å². The van der Waals surface area contributed by atoms with Gasteiger partial charge in [-0.25, -0.2) is 4.98 Å². The summed E-state index contributed by atoms with van der Waals surface area (Å²) in [5, 5.41) is 8.92. The quantitative estimate of drug-likeness (QED) is 0.786. The molecule has 0 radical (unpaired) electrons. The van der Waals surface area contributed by atoms with Crippen molar-refractivity contribution < 1.29 is 0 Å². The summed E-state index contributed by atoms with van der Waals surface area (Å²) < 4.78 is 2.31. The minimum atomic E-state index is 0.420. The lowest BCUT2D eigenvalue weighted by molar-refractivity contribution is 0.585. The smallest absolute Gasteiger partial charge is 0.113 e. The van der Waals surface area contributed by atoms with E-state index in [4.69, 9.17) is 10.2 Å². The van der Waals surface area contributed by atoms with Crippen LogP contribution >= 0.6 is 0 Å². The highest BCUT2D eigenvalue weighted by Crippen LogP contribution is 2.41. The third-order valence-electron chi connectivity index (χ3n) is 3.30. The Morgan fingerprint density at radius 1 is 1.41 bits per heavy atom. The fourth-order valence-electron chi connectivity index (χ4n) is 2.36. The molecule has 0 spiro atoms. The van der Waals surface area contributed by atoms with Crippen LogP contribution in [0, 0.1) is 11.3 Å². The molecule has 1 heterocycles. The summed E-state index contributed by atoms with van der Waals surface area (Å²) in [6, 6.07) is 8.38. The Bertz CT molecular complexity index is 612. The molecular formula is C14H15N3. The lowest BCUT2D eigenvalue weighted by Gasteiger charge is -2.12. The van der Waals surface area contributed by atoms with Crippen LogP contribution in [0.1, 0.15) is 50.0 Å². The summed E-state index contributed by atoms with van der Waals surface area (Å²) in [6.07, 6.45) is 2.50. The van der Waals surface area contributed by atoms with Crippen LogP contribution in [0.15, 0.2) is 18.2 Å². The van der Waals surface area contributed by atoms with Crippen LogP contribution in [0.2, 0.25) is 0 Å². The van der Waals surface area contributed by atoms with Gasteiger partial charge in [-0.2, -0.15) is 5.26 Å². The summed E-state index contributed by atoms with van der Waals surface area (Å²) in [7, 11) is 0. The Balaban J connectivity index is 2.26. The van der Waals surface area contributed by atoms with Crippen LogP contribution in [0.4, 0.5) is 0 Å². The molecule has 0 amide bonds. The number of imidazole rings is 1. The van der Waals surface area contributed by atoms with Gasteiger partial charge in [-0.15, -0.1) is 0 Å². The molecule has 1 aromatic heterocycles. The summed E-state index contributed by atoms with van der Waals surface area (Å²) in [5.41, 5.74) is 2.80. The molecule has 1 aliphatic rings. The van der Waals surface area contributed by atoms with Gasteiger partial charge in [0.2, 0.25) is 0 Å². The predicted octanol–water partition coefficient (Wildman–Crippen LogP) is 3.37. The number of fused-ring (bicyclic) bond motifs is 1. The van der Waals surface area contributed by atoms with E-state index in [1.165, 1.54) is 18.7 Å². The van der Waals surface area contributed by atoms with Gasteiger partial charge in [0.25, 0.3) is 0 Å². The molecule has 3 heteroatoms. The van der Waals surface area contributed by atoms with Gasteiger partial charge < -0.3 is 4.57 Å². The fourth-order valence-corrected chi connectivity index (χ4v) is 2.36. The van der Waals surface area contributed by atoms with Crippen molar-refractivity contribution in [2.24, 2.45) is 0 Å². The minimum absolute atomic E-state index is 0.420. The highest BCUT2D eigenvalue weighted by Gasteiger charge is 2.30. The van der Waals surface area contributed by atoms with Gasteiger partial charge in [0.05, 0.1) is 22.7 Å². The fraction of sp³-hybridized carbons (Fsp3) is 0.429. The van der Waals surface area contributed by atoms with Gasteiger partial charge in [0, 0.05) is 12.0 Å². The van der Waals surface area contributed by atoms with Gasteiger partial charge in [0.1, 0.15) is 5.82 Å². The Labute approximate surface area is 101 Å². The zero-order valence-electron chi connectivity index (χ0n) is 10.1. The number of nitriles is 1. The molecule has 1 aromatic carbocycles. The lowest BCUT2D eigenvalue weighted by Crippen LogP contribution is -2.05. The number of hydrogen-bond acceptors (Lipinski definition) is 2. The van der Waals surface area contributed by atoms with Crippen LogP contribution in [-0.2, 0) is 0 Å². The van der Waals surface area contributed by atoms with Crippen molar-refractivity contribution in [1.82, 2.24) is 9.55 Å². The summed E-state index contributed by atoms with van der Waals surface area (Å²) in [4.78, 5) is 4.72. The molecule has 3 rings (SSSR count). The van der Waals surface area contributed by atoms with Crippen LogP contribution in [0.25, 0.3) is 11.0 Å². The standard InChI is InChI=1S/C14H15N3/c1-9(2)17-13-6-3-10(8-15)7-12(13)16-14(17)11-4-5-11/h3,6-7,9,11H,4-5H2,1-2H3. The molecule has 3 nitrogen and oxygen atoms in total. The molecule has 1 aliphatic carbocycles. The van der Waals surface area contributed by atoms with Gasteiger partial charge in [0.15, 0.2) is 0 Å². The van der Waals surface area contributed by atoms with Crippen molar-refractivity contribution >= 4 is 11.0 Å². The van der Waals surface area contributed by atoms with Crippen molar-refractivity contribution in [1.29, 1.82) is 5.26 Å². The second kappa shape index (κ2) is 3.59. The lowest BCUT2D eigenvalue weighted by atomic mass is 10.2. The molecule has 0 saturated heterocycles. The maximum absolute atomic E-state index is 8.92. The Hall–Kier alpha value is -1.82. The third kappa shape index (κ3) is 1.61. The monoisotopic (exact) mass is 225 g/mol. The van der Waals surface area contributed by atoms with Crippen molar-refractivity contribution in [2.45, 2.75) is 38.6 Å². The van der Waals surface area contributed by atoms with E-state index in [1.54, 1.807) is 0 Å². The van der Waals surface area contributed by atoms with Crippen molar-refractivity contribution in [2.75, 3.05) is 0 Å². The average molecular weight is 225 g/mol. The Morgan fingerprint density at radius 2 is 2.18 bits per heavy atom. The number of rotatable bonds is 2. The molecule has 86 valence electrons. The topological polar surface area (TPSA) is 41.6 Å². The number of nitrogens with zero attached hydrogens (tertiary/aromatic N) is 3. The molecule has 0 aliphatic heterocycles. The third-order valence-corrected chi connectivity index (χ3v) is 3.30. The molecule has 1 fully saturated rings. The molecule has 1 saturated carbocycles. The van der Waals surface area contributed by atoms with E-state index >= 15 is 0 Å². The first-order valence-corrected chi connectivity index (χ1v) is 6.12. The summed E-state index contributed by atoms with van der Waals surface area (Å²) in [6.45, 7) is 4.37. The van der Waals surface area contributed by atoms with E-state index in [0.29, 0.717) is 17.5 Å². The minimum Gasteiger partial charge on any atom is -0.325 e. The molecule has 0 unspecified atom stereocenters. The molecule has 17 heavy (non-hydrogen) atoms. The molecular weight excluding hydrogens is 210 g/mol. The van der Waals surface area contributed by atoms with E-state index in [-0.39, 0.29) is 0 Å². The summed E-state index contributed by atoms with van der Waals surface area (Å²) >= 11 is 0. The SMILES string of the molecule is CC(C)n1c(C2CC2)nc2cc(C#N)ccc21. The Morgan fingerprint density at radius 3 is 2.76 bits per heavy atom. The Kier molecular flexibility index (Phi) is 2.19. The van der Waals surface area contributed by atoms with Gasteiger partial charge in [-0.3, -0.25) is 0 Å². The first-order chi connectivity index (χ1) is 8.20. The van der Waals surface area contributed by atoms with Crippen molar-refractivity contribution in [3.8, 4) is 6.07 Å². The normalized spacial score (nSPS) is 15.4. The number of aromatic nitrogens is 2. The zero-order chi connectivity index (χ0) is 12.0. The summed E-state index contributed by atoms with van der Waals surface area (Å²) in [5.74, 6) is 1.83. The highest BCUT2D eigenvalue weighted by molar-refractivity contribution is 5.78. The number of benzene rings is 1. The predicted molar refractivity (Wildman–Crippen MR) is 66.8 cm³/mol. The van der Waals surface area contributed by atoms with E-state index in [2.05, 4.69) is 24.5 Å². The van der Waals surface area contributed by atoms with Gasteiger partial charge >= 0.3 is 0 Å². The highest BCUT2D eigenvalue weighted by atomic mass is 15.1. The molecule has 0 N–H and O–H groups in total. The van der Waals surface area contributed by atoms with E-state index in [1.807, 2.05) is 18.2 Å². The maximum Gasteiger partial charge on any atom is 0.113 e. The van der Waals surface area contributed by atoms with Gasteiger partial charge in [-0.05, 0) is 44.9 Å². The first kappa shape index (κ1) is 10.3. The number of hydrogen-bond donors (Lipinski definition) is 0. The van der Waals surface area contributed by atoms with Crippen LogP contribution in [-0.4, -0.2) is 9.55 Å². The van der Waals surface area contributed by atoms with Crippen LogP contribution < -0.4 is 0 Å². The maximum atomic E-state index is 8.92. The van der Waals surface area contributed by atoms with Crippen LogP contribution in [0.5, 0.6) is 0 Å². The van der Waals surface area contributed by atoms with Crippen molar-refractivity contribution in [3.63, 3.8) is 0 Å². The molecule has 0 atom stereocenters. The zero-order valence-corrected chi connectivity index (χ0v) is 10.1. The van der Waals surface area contributed by atoms with Gasteiger partial charge in [-0.1, -0.05) is 0 Å². The first-order valence-electron chi connectivity index (χ1n) is 6.12. The second-order valence-electron chi connectivity index (χ2n) is 5.02. The largest absolute Gasteiger partial charge is 0.325 e. The van der Waals surface area contributed by atoms with E-state index in [0.717, 1.165) is 11.0 Å². The van der Waals surface area contributed by atoms with E-state index in [9.17, 15) is 0 Å².